The van der Waals surface area contributed by atoms with Crippen LogP contribution in [0.3, 0.4) is 0 Å². The summed E-state index contributed by atoms with van der Waals surface area (Å²) in [6.07, 6.45) is 2.29. The molecule has 0 N–H and O–H groups in total. The number of nitrogens with zero attached hydrogens (tertiary/aromatic N) is 1. The normalized spacial score (nSPS) is 36.6. The van der Waals surface area contributed by atoms with Gasteiger partial charge in [-0.25, -0.2) is 9.59 Å². The summed E-state index contributed by atoms with van der Waals surface area (Å²) in [7, 11) is 1.22. The number of methoxy groups -OCH3 is 1. The number of hydrogen-bond acceptors (Lipinski definition) is 6. The molecule has 0 spiro atoms. The molecular weight excluding hydrogens is 254 g/mol. The zero-order valence-electron chi connectivity index (χ0n) is 10.3. The quantitative estimate of drug-likeness (QED) is 0.502. The molecule has 0 aromatic rings. The first-order chi connectivity index (χ1) is 9.08. The molecule has 3 heterocycles. The second kappa shape index (κ2) is 4.06. The van der Waals surface area contributed by atoms with Gasteiger partial charge in [-0.05, 0) is 6.08 Å². The molecule has 3 aliphatic rings. The van der Waals surface area contributed by atoms with Gasteiger partial charge >= 0.3 is 12.1 Å². The highest BCUT2D eigenvalue weighted by Gasteiger charge is 2.60. The van der Waals surface area contributed by atoms with Gasteiger partial charge in [-0.15, -0.1) is 0 Å². The number of carbonyl (C=O) groups excluding carboxylic acids is 3. The lowest BCUT2D eigenvalue weighted by atomic mass is 9.87. The van der Waals surface area contributed by atoms with Gasteiger partial charge in [-0.2, -0.15) is 0 Å². The van der Waals surface area contributed by atoms with E-state index < -0.39 is 29.8 Å². The van der Waals surface area contributed by atoms with E-state index in [0.717, 1.165) is 0 Å². The van der Waals surface area contributed by atoms with Gasteiger partial charge in [0.2, 0.25) is 5.60 Å². The highest BCUT2D eigenvalue weighted by molar-refractivity contribution is 5.99. The Bertz CT molecular complexity index is 487. The summed E-state index contributed by atoms with van der Waals surface area (Å²) >= 11 is 0. The van der Waals surface area contributed by atoms with Crippen LogP contribution in [0.4, 0.5) is 4.79 Å². The van der Waals surface area contributed by atoms with E-state index >= 15 is 0 Å². The minimum absolute atomic E-state index is 0.143. The van der Waals surface area contributed by atoms with Crippen molar-refractivity contribution in [3.05, 3.63) is 12.2 Å². The van der Waals surface area contributed by atoms with Crippen molar-refractivity contribution in [1.82, 2.24) is 4.90 Å². The molecule has 3 aliphatic heterocycles. The Balaban J connectivity index is 2.02. The van der Waals surface area contributed by atoms with Gasteiger partial charge in [0.25, 0.3) is 0 Å². The van der Waals surface area contributed by atoms with E-state index in [1.54, 1.807) is 6.08 Å². The molecule has 102 valence electrons. The molecule has 0 aliphatic carbocycles. The number of esters is 1. The number of amides is 1. The van der Waals surface area contributed by atoms with Crippen molar-refractivity contribution in [3.8, 4) is 0 Å². The fourth-order valence-corrected chi connectivity index (χ4v) is 2.83. The monoisotopic (exact) mass is 267 g/mol. The van der Waals surface area contributed by atoms with Crippen molar-refractivity contribution in [1.29, 1.82) is 0 Å². The molecule has 1 amide bonds. The van der Waals surface area contributed by atoms with E-state index in [-0.39, 0.29) is 25.4 Å². The van der Waals surface area contributed by atoms with Crippen LogP contribution < -0.4 is 0 Å². The summed E-state index contributed by atoms with van der Waals surface area (Å²) in [5.41, 5.74) is -1.53. The average molecular weight is 267 g/mol. The molecule has 2 bridgehead atoms. The number of carbonyl (C=O) groups is 3. The predicted molar refractivity (Wildman–Crippen MR) is 60.2 cm³/mol. The standard InChI is InChI=1S/C12H13NO6/c1-17-10(15)12-3-2-7(19-12)6-8(14)9(12)13-4-5-18-11(13)16/h2-3,7,9H,4-6H2,1H3/t7-,9+,12+/m1/s1. The summed E-state index contributed by atoms with van der Waals surface area (Å²) in [4.78, 5) is 37.2. The first kappa shape index (κ1) is 12.2. The molecule has 0 saturated carbocycles. The minimum Gasteiger partial charge on any atom is -0.467 e. The molecule has 3 atom stereocenters. The number of rotatable bonds is 2. The Hall–Kier alpha value is -1.89. The molecule has 0 radical (unpaired) electrons. The van der Waals surface area contributed by atoms with Crippen molar-refractivity contribution in [3.63, 3.8) is 0 Å². The topological polar surface area (TPSA) is 82.1 Å². The van der Waals surface area contributed by atoms with Crippen LogP contribution in [0.5, 0.6) is 0 Å². The maximum Gasteiger partial charge on any atom is 0.410 e. The zero-order valence-corrected chi connectivity index (χ0v) is 10.3. The molecule has 0 unspecified atom stereocenters. The molecule has 0 aromatic carbocycles. The van der Waals surface area contributed by atoms with Gasteiger partial charge in [0.1, 0.15) is 12.6 Å². The Morgan fingerprint density at radius 2 is 2.32 bits per heavy atom. The second-order valence-electron chi connectivity index (χ2n) is 4.68. The molecule has 0 aromatic heterocycles. The van der Waals surface area contributed by atoms with Gasteiger partial charge < -0.3 is 14.2 Å². The van der Waals surface area contributed by atoms with Crippen LogP contribution in [0, 0.1) is 0 Å². The summed E-state index contributed by atoms with van der Waals surface area (Å²) < 4.78 is 15.2. The van der Waals surface area contributed by atoms with E-state index in [4.69, 9.17) is 14.2 Å². The third-order valence-electron chi connectivity index (χ3n) is 3.63. The number of cyclic esters (lactones) is 1. The average Bonchev–Trinajstić information content (AvgIpc) is 2.95. The summed E-state index contributed by atoms with van der Waals surface area (Å²) in [5, 5.41) is 0. The van der Waals surface area contributed by atoms with Crippen molar-refractivity contribution in [2.75, 3.05) is 20.3 Å². The van der Waals surface area contributed by atoms with Crippen LogP contribution in [0.15, 0.2) is 12.2 Å². The maximum absolute atomic E-state index is 12.2. The third-order valence-corrected chi connectivity index (χ3v) is 3.63. The van der Waals surface area contributed by atoms with Crippen molar-refractivity contribution >= 4 is 17.8 Å². The van der Waals surface area contributed by atoms with Crippen molar-refractivity contribution < 1.29 is 28.6 Å². The van der Waals surface area contributed by atoms with Crippen LogP contribution in [0.25, 0.3) is 0 Å². The lowest BCUT2D eigenvalue weighted by Crippen LogP contribution is -2.64. The number of ketones is 1. The van der Waals surface area contributed by atoms with E-state index in [9.17, 15) is 14.4 Å². The third kappa shape index (κ3) is 1.58. The molecule has 2 fully saturated rings. The lowest BCUT2D eigenvalue weighted by Gasteiger charge is -2.40. The Kier molecular flexibility index (Phi) is 2.60. The number of Topliss-reactive ketones (excluding diaryl/α,β-unsaturated/α-hetero) is 1. The van der Waals surface area contributed by atoms with Gasteiger partial charge in [0, 0.05) is 6.42 Å². The summed E-state index contributed by atoms with van der Waals surface area (Å²) in [6, 6.07) is -1.01. The number of ether oxygens (including phenoxy) is 3. The zero-order chi connectivity index (χ0) is 13.6. The van der Waals surface area contributed by atoms with Crippen molar-refractivity contribution in [2.45, 2.75) is 24.2 Å². The summed E-state index contributed by atoms with van der Waals surface area (Å²) in [6.45, 7) is 0.461. The minimum atomic E-state index is -1.53. The highest BCUT2D eigenvalue weighted by atomic mass is 16.6. The van der Waals surface area contributed by atoms with Crippen molar-refractivity contribution in [2.24, 2.45) is 0 Å². The molecule has 19 heavy (non-hydrogen) atoms. The van der Waals surface area contributed by atoms with Gasteiger partial charge in [0.15, 0.2) is 5.78 Å². The van der Waals surface area contributed by atoms with Crippen LogP contribution >= 0.6 is 0 Å². The van der Waals surface area contributed by atoms with Crippen LogP contribution in [0.2, 0.25) is 0 Å². The van der Waals surface area contributed by atoms with Gasteiger partial charge in [0.05, 0.1) is 19.8 Å². The second-order valence-corrected chi connectivity index (χ2v) is 4.68. The van der Waals surface area contributed by atoms with Gasteiger partial charge in [-0.3, -0.25) is 9.69 Å². The smallest absolute Gasteiger partial charge is 0.410 e. The number of hydrogen-bond donors (Lipinski definition) is 0. The number of fused-ring (bicyclic) bond motifs is 2. The molecule has 7 heteroatoms. The largest absolute Gasteiger partial charge is 0.467 e. The van der Waals surface area contributed by atoms with Gasteiger partial charge in [-0.1, -0.05) is 6.08 Å². The Labute approximate surface area is 109 Å². The maximum atomic E-state index is 12.2. The van der Waals surface area contributed by atoms with E-state index in [2.05, 4.69) is 0 Å². The van der Waals surface area contributed by atoms with Crippen LogP contribution in [0.1, 0.15) is 6.42 Å². The molecule has 7 nitrogen and oxygen atoms in total. The molecule has 2 saturated heterocycles. The van der Waals surface area contributed by atoms with E-state index in [0.29, 0.717) is 0 Å². The molecule has 3 rings (SSSR count). The Morgan fingerprint density at radius 1 is 1.53 bits per heavy atom. The van der Waals surface area contributed by atoms with Crippen LogP contribution in [-0.2, 0) is 23.8 Å². The van der Waals surface area contributed by atoms with Crippen LogP contribution in [-0.4, -0.2) is 60.8 Å². The highest BCUT2D eigenvalue weighted by Crippen LogP contribution is 2.39. The lowest BCUT2D eigenvalue weighted by molar-refractivity contribution is -0.181. The van der Waals surface area contributed by atoms with E-state index in [1.165, 1.54) is 18.1 Å². The fraction of sp³-hybridized carbons (Fsp3) is 0.583. The first-order valence-corrected chi connectivity index (χ1v) is 6.00. The first-order valence-electron chi connectivity index (χ1n) is 6.00. The van der Waals surface area contributed by atoms with E-state index in [1.807, 2.05) is 0 Å². The SMILES string of the molecule is COC(=O)[C@]12C=C[C@H](CC(=O)[C@@H]1N1CCOC1=O)O2. The summed E-state index contributed by atoms with van der Waals surface area (Å²) in [5.74, 6) is -0.894. The predicted octanol–water partition coefficient (Wildman–Crippen LogP) is -0.353. The molecular formula is C12H13NO6. The fourth-order valence-electron chi connectivity index (χ4n) is 2.83. The Morgan fingerprint density at radius 3 is 2.95 bits per heavy atom.